The van der Waals surface area contributed by atoms with Gasteiger partial charge in [-0.05, 0) is 0 Å². The first-order chi connectivity index (χ1) is 14.6. The summed E-state index contributed by atoms with van der Waals surface area (Å²) in [5, 5.41) is 44.7. The van der Waals surface area contributed by atoms with Crippen LogP contribution in [0.25, 0.3) is 0 Å². The van der Waals surface area contributed by atoms with Crippen LogP contribution in [0, 0.1) is 0 Å². The molecule has 0 amide bonds. The molecule has 0 aliphatic heterocycles. The number of carboxylic acid groups (broad SMARTS) is 5. The molecule has 1 unspecified atom stereocenters. The van der Waals surface area contributed by atoms with E-state index in [1.54, 1.807) is 0 Å². The molecule has 16 heteroatoms. The normalized spacial score (nSPS) is 12.8. The van der Waals surface area contributed by atoms with E-state index in [4.69, 9.17) is 25.5 Å². The number of halogens is 3. The van der Waals surface area contributed by atoms with E-state index in [0.29, 0.717) is 4.90 Å². The third-order valence-electron chi connectivity index (χ3n) is 4.00. The van der Waals surface area contributed by atoms with Crippen molar-refractivity contribution in [2.24, 2.45) is 0 Å². The van der Waals surface area contributed by atoms with Crippen molar-refractivity contribution in [1.82, 2.24) is 14.7 Å². The van der Waals surface area contributed by atoms with Gasteiger partial charge >= 0.3 is 36.0 Å². The lowest BCUT2D eigenvalue weighted by atomic mass is 10.1. The Hall–Kier alpha value is -2.98. The van der Waals surface area contributed by atoms with E-state index in [0.717, 1.165) is 9.80 Å². The fourth-order valence-corrected chi connectivity index (χ4v) is 2.72. The number of hydrogen-bond donors (Lipinski definition) is 5. The van der Waals surface area contributed by atoms with Gasteiger partial charge in [-0.15, -0.1) is 0 Å². The Balaban J connectivity index is 5.38. The molecule has 0 aromatic heterocycles. The second kappa shape index (κ2) is 13.4. The third-order valence-corrected chi connectivity index (χ3v) is 4.00. The van der Waals surface area contributed by atoms with Crippen molar-refractivity contribution < 1.29 is 62.7 Å². The van der Waals surface area contributed by atoms with Crippen LogP contribution in [-0.4, -0.2) is 135 Å². The highest BCUT2D eigenvalue weighted by molar-refractivity contribution is 5.75. The smallest absolute Gasteiger partial charge is 0.391 e. The molecule has 0 spiro atoms. The maximum atomic E-state index is 12.7. The van der Waals surface area contributed by atoms with Crippen molar-refractivity contribution in [2.75, 3.05) is 52.4 Å². The Morgan fingerprint density at radius 3 is 1.38 bits per heavy atom. The van der Waals surface area contributed by atoms with E-state index in [1.165, 1.54) is 0 Å². The quantitative estimate of drug-likeness (QED) is 0.165. The molecular weight excluding hydrogens is 451 g/mol. The van der Waals surface area contributed by atoms with Gasteiger partial charge in [-0.2, -0.15) is 13.2 Å². The molecule has 0 aromatic carbocycles. The Bertz CT molecular complexity index is 673. The standard InChI is InChI=1S/C16H24F3N3O10/c17-16(18,19)5-10(15(31)32)22(9-14(29)30)4-3-20(6-11(23)24)1-2-21(7-12(25)26)8-13(27)28/h10H,1-9H2,(H,23,24)(H,25,26)(H,27,28)(H,29,30)(H,31,32). The van der Waals surface area contributed by atoms with Crippen LogP contribution in [-0.2, 0) is 24.0 Å². The highest BCUT2D eigenvalue weighted by Gasteiger charge is 2.39. The molecule has 5 N–H and O–H groups in total. The molecular formula is C16H24F3N3O10. The Kier molecular flexibility index (Phi) is 12.2. The van der Waals surface area contributed by atoms with Crippen LogP contribution < -0.4 is 0 Å². The van der Waals surface area contributed by atoms with E-state index in [-0.39, 0.29) is 19.6 Å². The van der Waals surface area contributed by atoms with Gasteiger partial charge in [0.25, 0.3) is 0 Å². The van der Waals surface area contributed by atoms with Gasteiger partial charge in [0.05, 0.1) is 32.6 Å². The van der Waals surface area contributed by atoms with Crippen LogP contribution in [0.3, 0.4) is 0 Å². The minimum atomic E-state index is -4.91. The average Bonchev–Trinajstić information content (AvgIpc) is 2.58. The van der Waals surface area contributed by atoms with E-state index in [2.05, 4.69) is 0 Å². The van der Waals surface area contributed by atoms with Gasteiger partial charge in [0.2, 0.25) is 0 Å². The van der Waals surface area contributed by atoms with E-state index >= 15 is 0 Å². The summed E-state index contributed by atoms with van der Waals surface area (Å²) in [5.74, 6) is -7.58. The molecule has 0 aliphatic carbocycles. The summed E-state index contributed by atoms with van der Waals surface area (Å²) in [6.07, 6.45) is -6.74. The fourth-order valence-electron chi connectivity index (χ4n) is 2.72. The zero-order valence-corrected chi connectivity index (χ0v) is 16.7. The molecule has 184 valence electrons. The monoisotopic (exact) mass is 475 g/mol. The molecule has 0 aliphatic rings. The van der Waals surface area contributed by atoms with Crippen molar-refractivity contribution in [2.45, 2.75) is 18.6 Å². The van der Waals surface area contributed by atoms with Crippen LogP contribution in [0.2, 0.25) is 0 Å². The van der Waals surface area contributed by atoms with Crippen LogP contribution in [0.5, 0.6) is 0 Å². The largest absolute Gasteiger partial charge is 0.480 e. The topological polar surface area (TPSA) is 196 Å². The minimum absolute atomic E-state index is 0.231. The van der Waals surface area contributed by atoms with Crippen molar-refractivity contribution in [3.8, 4) is 0 Å². The summed E-state index contributed by atoms with van der Waals surface area (Å²) in [7, 11) is 0. The molecule has 0 saturated heterocycles. The minimum Gasteiger partial charge on any atom is -0.480 e. The number of rotatable bonds is 17. The van der Waals surface area contributed by atoms with Crippen molar-refractivity contribution in [3.05, 3.63) is 0 Å². The molecule has 1 atom stereocenters. The summed E-state index contributed by atoms with van der Waals surface area (Å²) in [6, 6.07) is -2.23. The fraction of sp³-hybridized carbons (Fsp3) is 0.688. The molecule has 13 nitrogen and oxygen atoms in total. The summed E-state index contributed by atoms with van der Waals surface area (Å²) >= 11 is 0. The number of aliphatic carboxylic acids is 5. The highest BCUT2D eigenvalue weighted by Crippen LogP contribution is 2.24. The average molecular weight is 475 g/mol. The maximum Gasteiger partial charge on any atom is 0.391 e. The first kappa shape index (κ1) is 29.0. The maximum absolute atomic E-state index is 12.7. The lowest BCUT2D eigenvalue weighted by Crippen LogP contribution is -2.50. The molecule has 32 heavy (non-hydrogen) atoms. The molecule has 0 heterocycles. The van der Waals surface area contributed by atoms with E-state index in [1.807, 2.05) is 0 Å². The molecule has 0 fully saturated rings. The molecule has 0 bridgehead atoms. The van der Waals surface area contributed by atoms with E-state index in [9.17, 15) is 37.1 Å². The Morgan fingerprint density at radius 1 is 0.625 bits per heavy atom. The molecule has 0 aromatic rings. The first-order valence-corrected chi connectivity index (χ1v) is 8.96. The zero-order chi connectivity index (χ0) is 25.1. The number of carbonyl (C=O) groups is 5. The zero-order valence-electron chi connectivity index (χ0n) is 16.7. The molecule has 0 radical (unpaired) electrons. The predicted octanol–water partition coefficient (Wildman–Crippen LogP) is -1.36. The van der Waals surface area contributed by atoms with Gasteiger partial charge in [0.15, 0.2) is 0 Å². The second-order valence-corrected chi connectivity index (χ2v) is 6.71. The number of carboxylic acids is 5. The lowest BCUT2D eigenvalue weighted by Gasteiger charge is -2.31. The number of alkyl halides is 3. The third kappa shape index (κ3) is 14.1. The predicted molar refractivity (Wildman–Crippen MR) is 97.1 cm³/mol. The van der Waals surface area contributed by atoms with Crippen LogP contribution in [0.1, 0.15) is 6.42 Å². The van der Waals surface area contributed by atoms with Gasteiger partial charge in [0, 0.05) is 26.2 Å². The molecule has 0 rings (SSSR count). The summed E-state index contributed by atoms with van der Waals surface area (Å²) < 4.78 is 38.2. The van der Waals surface area contributed by atoms with Gasteiger partial charge in [-0.1, -0.05) is 0 Å². The summed E-state index contributed by atoms with van der Waals surface area (Å²) in [6.45, 7) is -4.51. The number of nitrogens with zero attached hydrogens (tertiary/aromatic N) is 3. The summed E-state index contributed by atoms with van der Waals surface area (Å²) in [5.41, 5.74) is 0. The van der Waals surface area contributed by atoms with Gasteiger partial charge in [-0.3, -0.25) is 38.7 Å². The SMILES string of the molecule is O=C(O)CN(CCN(CC(=O)O)CC(=O)O)CCN(CC(=O)O)C(CC(F)(F)F)C(=O)O. The van der Waals surface area contributed by atoms with Gasteiger partial charge in [-0.25, -0.2) is 0 Å². The van der Waals surface area contributed by atoms with Crippen molar-refractivity contribution in [1.29, 1.82) is 0 Å². The van der Waals surface area contributed by atoms with Crippen LogP contribution in [0.4, 0.5) is 13.2 Å². The summed E-state index contributed by atoms with van der Waals surface area (Å²) in [4.78, 5) is 57.6. The number of hydrogen-bond acceptors (Lipinski definition) is 8. The van der Waals surface area contributed by atoms with E-state index < -0.39 is 81.2 Å². The molecule has 0 saturated carbocycles. The van der Waals surface area contributed by atoms with Crippen LogP contribution in [0.15, 0.2) is 0 Å². The lowest BCUT2D eigenvalue weighted by molar-refractivity contribution is -0.168. The Labute approximate surface area is 179 Å². The van der Waals surface area contributed by atoms with Crippen molar-refractivity contribution in [3.63, 3.8) is 0 Å². The Morgan fingerprint density at radius 2 is 1.00 bits per heavy atom. The highest BCUT2D eigenvalue weighted by atomic mass is 19.4. The van der Waals surface area contributed by atoms with Crippen LogP contribution >= 0.6 is 0 Å². The second-order valence-electron chi connectivity index (χ2n) is 6.71. The first-order valence-electron chi connectivity index (χ1n) is 8.96. The van der Waals surface area contributed by atoms with Gasteiger partial charge < -0.3 is 25.5 Å². The van der Waals surface area contributed by atoms with Crippen molar-refractivity contribution >= 4 is 29.8 Å². The van der Waals surface area contributed by atoms with Gasteiger partial charge in [0.1, 0.15) is 6.04 Å².